The summed E-state index contributed by atoms with van der Waals surface area (Å²) in [6.45, 7) is 6.28. The molecule has 2 aromatic rings. The number of amides is 2. The smallest absolute Gasteiger partial charge is 0.414 e. The Morgan fingerprint density at radius 2 is 1.75 bits per heavy atom. The van der Waals surface area contributed by atoms with Gasteiger partial charge in [0.15, 0.2) is 0 Å². The van der Waals surface area contributed by atoms with E-state index in [-0.39, 0.29) is 13.1 Å². The fourth-order valence-electron chi connectivity index (χ4n) is 5.06. The first-order valence-electron chi connectivity index (χ1n) is 13.4. The van der Waals surface area contributed by atoms with Gasteiger partial charge in [0.1, 0.15) is 11.9 Å². The molecule has 0 aliphatic carbocycles. The van der Waals surface area contributed by atoms with Crippen LogP contribution >= 0.6 is 0 Å². The van der Waals surface area contributed by atoms with Crippen LogP contribution in [0.1, 0.15) is 5.56 Å². The van der Waals surface area contributed by atoms with Crippen LogP contribution in [0.15, 0.2) is 42.5 Å². The number of nitrogens with zero attached hydrogens (tertiary/aromatic N) is 4. The third kappa shape index (κ3) is 6.77. The van der Waals surface area contributed by atoms with E-state index in [0.717, 1.165) is 26.3 Å². The second-order valence-corrected chi connectivity index (χ2v) is 9.88. The standard InChI is InChI=1S/C27H33F3N6O4/c28-23-15-21(36-18-22(40-27(36)38)16-31-26(37)25(29)30)5-6-24(23)34-8-7-32-35(10-9-34)17-19-1-3-20(4-2-19)33-11-13-39-14-12-33/h1-6,15,22,25,32H,7-14,16-18H2,(H,31,37)/t22-/m0/s1. The van der Waals surface area contributed by atoms with Crippen LogP contribution in [-0.2, 0) is 20.8 Å². The molecule has 40 heavy (non-hydrogen) atoms. The fraction of sp³-hybridized carbons (Fsp3) is 0.481. The van der Waals surface area contributed by atoms with Crippen molar-refractivity contribution in [2.75, 3.05) is 80.3 Å². The van der Waals surface area contributed by atoms with Gasteiger partial charge in [0.05, 0.1) is 37.7 Å². The lowest BCUT2D eigenvalue weighted by atomic mass is 10.2. The van der Waals surface area contributed by atoms with Crippen LogP contribution in [0.25, 0.3) is 0 Å². The summed E-state index contributed by atoms with van der Waals surface area (Å²) in [4.78, 5) is 28.9. The summed E-state index contributed by atoms with van der Waals surface area (Å²) >= 11 is 0. The number of nitrogens with one attached hydrogen (secondary N) is 2. The van der Waals surface area contributed by atoms with Crippen molar-refractivity contribution in [3.8, 4) is 0 Å². The fourth-order valence-corrected chi connectivity index (χ4v) is 5.06. The molecule has 10 nitrogen and oxygen atoms in total. The van der Waals surface area contributed by atoms with Crippen molar-refractivity contribution in [1.29, 1.82) is 0 Å². The molecule has 3 heterocycles. The van der Waals surface area contributed by atoms with Crippen LogP contribution in [-0.4, -0.2) is 95.1 Å². The van der Waals surface area contributed by atoms with Gasteiger partial charge in [-0.05, 0) is 35.9 Å². The number of ether oxygens (including phenoxy) is 2. The van der Waals surface area contributed by atoms with Crippen LogP contribution in [0.2, 0.25) is 0 Å². The number of carbonyl (C=O) groups is 2. The number of alkyl halides is 2. The van der Waals surface area contributed by atoms with E-state index in [9.17, 15) is 18.4 Å². The van der Waals surface area contributed by atoms with Gasteiger partial charge in [0, 0.05) is 51.5 Å². The lowest BCUT2D eigenvalue weighted by Gasteiger charge is -2.29. The highest BCUT2D eigenvalue weighted by Crippen LogP contribution is 2.28. The summed E-state index contributed by atoms with van der Waals surface area (Å²) < 4.78 is 50.5. The van der Waals surface area contributed by atoms with Crippen molar-refractivity contribution < 1.29 is 32.2 Å². The Kier molecular flexibility index (Phi) is 8.92. The normalized spacial score (nSPS) is 20.6. The molecule has 0 bridgehead atoms. The molecule has 2 amide bonds. The Morgan fingerprint density at radius 3 is 2.48 bits per heavy atom. The zero-order valence-corrected chi connectivity index (χ0v) is 22.0. The van der Waals surface area contributed by atoms with E-state index in [4.69, 9.17) is 9.47 Å². The number of cyclic esters (lactones) is 1. The number of halogens is 3. The van der Waals surface area contributed by atoms with Gasteiger partial charge in [-0.15, -0.1) is 0 Å². The highest BCUT2D eigenvalue weighted by atomic mass is 19.3. The monoisotopic (exact) mass is 562 g/mol. The number of carbonyl (C=O) groups excluding carboxylic acids is 2. The highest BCUT2D eigenvalue weighted by Gasteiger charge is 2.33. The molecule has 0 unspecified atom stereocenters. The molecule has 3 saturated heterocycles. The Hall–Kier alpha value is -3.55. The molecule has 0 spiro atoms. The topological polar surface area (TPSA) is 89.6 Å². The number of anilines is 3. The Balaban J connectivity index is 1.14. The number of hydrazine groups is 1. The Morgan fingerprint density at radius 1 is 1.00 bits per heavy atom. The lowest BCUT2D eigenvalue weighted by Crippen LogP contribution is -2.38. The van der Waals surface area contributed by atoms with Gasteiger partial charge in [-0.3, -0.25) is 15.1 Å². The van der Waals surface area contributed by atoms with E-state index >= 15 is 4.39 Å². The van der Waals surface area contributed by atoms with Crippen LogP contribution in [0.3, 0.4) is 0 Å². The lowest BCUT2D eigenvalue weighted by molar-refractivity contribution is -0.132. The predicted octanol–water partition coefficient (Wildman–Crippen LogP) is 2.20. The minimum Gasteiger partial charge on any atom is -0.442 e. The summed E-state index contributed by atoms with van der Waals surface area (Å²) in [5.74, 6) is -1.91. The number of hydrogen-bond acceptors (Lipinski definition) is 8. The molecule has 216 valence electrons. The van der Waals surface area contributed by atoms with Gasteiger partial charge in [-0.2, -0.15) is 8.78 Å². The van der Waals surface area contributed by atoms with Crippen molar-refractivity contribution in [3.05, 3.63) is 53.8 Å². The molecule has 3 aliphatic rings. The summed E-state index contributed by atoms with van der Waals surface area (Å²) in [5.41, 5.74) is 6.51. The predicted molar refractivity (Wildman–Crippen MR) is 143 cm³/mol. The number of morpholine rings is 1. The number of benzene rings is 2. The summed E-state index contributed by atoms with van der Waals surface area (Å²) in [6, 6.07) is 13.1. The molecule has 3 fully saturated rings. The number of hydrogen-bond donors (Lipinski definition) is 2. The molecule has 0 radical (unpaired) electrons. The van der Waals surface area contributed by atoms with Gasteiger partial charge in [-0.25, -0.2) is 14.2 Å². The maximum absolute atomic E-state index is 15.2. The molecule has 13 heteroatoms. The van der Waals surface area contributed by atoms with Gasteiger partial charge in [0.25, 0.3) is 5.91 Å². The second kappa shape index (κ2) is 12.7. The summed E-state index contributed by atoms with van der Waals surface area (Å²) in [6.07, 6.45) is -4.68. The average Bonchev–Trinajstić information content (AvgIpc) is 3.18. The minimum absolute atomic E-state index is 0.0111. The van der Waals surface area contributed by atoms with Crippen LogP contribution < -0.4 is 25.4 Å². The van der Waals surface area contributed by atoms with E-state index in [1.54, 1.807) is 12.1 Å². The van der Waals surface area contributed by atoms with E-state index in [0.29, 0.717) is 44.1 Å². The van der Waals surface area contributed by atoms with Crippen molar-refractivity contribution >= 4 is 29.1 Å². The second-order valence-electron chi connectivity index (χ2n) is 9.88. The molecule has 2 aromatic carbocycles. The van der Waals surface area contributed by atoms with Gasteiger partial charge < -0.3 is 24.6 Å². The molecule has 0 saturated carbocycles. The molecule has 5 rings (SSSR count). The molecule has 0 aromatic heterocycles. The maximum Gasteiger partial charge on any atom is 0.414 e. The summed E-state index contributed by atoms with van der Waals surface area (Å²) in [7, 11) is 0. The van der Waals surface area contributed by atoms with Gasteiger partial charge in [-0.1, -0.05) is 12.1 Å². The number of rotatable bonds is 8. The Bertz CT molecular complexity index is 1180. The quantitative estimate of drug-likeness (QED) is 0.507. The van der Waals surface area contributed by atoms with E-state index < -0.39 is 30.3 Å². The zero-order valence-electron chi connectivity index (χ0n) is 22.0. The first-order chi connectivity index (χ1) is 19.4. The molecule has 2 N–H and O–H groups in total. The van der Waals surface area contributed by atoms with Crippen molar-refractivity contribution in [1.82, 2.24) is 15.8 Å². The molecule has 1 atom stereocenters. The first-order valence-corrected chi connectivity index (χ1v) is 13.4. The van der Waals surface area contributed by atoms with Crippen LogP contribution in [0, 0.1) is 5.82 Å². The minimum atomic E-state index is -3.15. The van der Waals surface area contributed by atoms with Crippen molar-refractivity contribution in [3.63, 3.8) is 0 Å². The van der Waals surface area contributed by atoms with E-state index in [2.05, 4.69) is 39.6 Å². The third-order valence-corrected chi connectivity index (χ3v) is 7.20. The summed E-state index contributed by atoms with van der Waals surface area (Å²) in [5, 5.41) is 4.16. The third-order valence-electron chi connectivity index (χ3n) is 7.20. The Labute approximate surface area is 230 Å². The van der Waals surface area contributed by atoms with Crippen molar-refractivity contribution in [2.45, 2.75) is 19.1 Å². The van der Waals surface area contributed by atoms with Gasteiger partial charge in [0.2, 0.25) is 0 Å². The van der Waals surface area contributed by atoms with Crippen LogP contribution in [0.4, 0.5) is 35.0 Å². The van der Waals surface area contributed by atoms with Gasteiger partial charge >= 0.3 is 12.5 Å². The SMILES string of the molecule is O=C(NC[C@H]1CN(c2ccc(N3CCNN(Cc4ccc(N5CCOCC5)cc4)CC3)c(F)c2)C(=O)O1)C(F)F. The largest absolute Gasteiger partial charge is 0.442 e. The maximum atomic E-state index is 15.2. The average molecular weight is 563 g/mol. The molecule has 3 aliphatic heterocycles. The molecular formula is C27H33F3N6O4. The zero-order chi connectivity index (χ0) is 28.1. The van der Waals surface area contributed by atoms with Crippen molar-refractivity contribution in [2.24, 2.45) is 0 Å². The van der Waals surface area contributed by atoms with E-state index in [1.807, 2.05) is 10.2 Å². The first kappa shape index (κ1) is 28.0. The van der Waals surface area contributed by atoms with Crippen LogP contribution in [0.5, 0.6) is 0 Å². The molecular weight excluding hydrogens is 529 g/mol. The van der Waals surface area contributed by atoms with E-state index in [1.165, 1.54) is 22.2 Å². The highest BCUT2D eigenvalue weighted by molar-refractivity contribution is 5.90.